The van der Waals surface area contributed by atoms with Crippen molar-refractivity contribution in [1.29, 1.82) is 0 Å². The third kappa shape index (κ3) is 2.17. The normalized spacial score (nSPS) is 11.0. The maximum atomic E-state index is 5.86. The average Bonchev–Trinajstić information content (AvgIpc) is 2.95. The van der Waals surface area contributed by atoms with Gasteiger partial charge in [-0.15, -0.1) is 11.3 Å². The number of fused-ring (bicyclic) bond motifs is 2. The van der Waals surface area contributed by atoms with Crippen molar-refractivity contribution in [1.82, 2.24) is 9.97 Å². The summed E-state index contributed by atoms with van der Waals surface area (Å²) < 4.78 is 1.28. The van der Waals surface area contributed by atoms with Crippen molar-refractivity contribution in [2.45, 2.75) is 0 Å². The van der Waals surface area contributed by atoms with Gasteiger partial charge in [-0.05, 0) is 53.2 Å². The van der Waals surface area contributed by atoms with E-state index < -0.39 is 0 Å². The van der Waals surface area contributed by atoms with E-state index in [2.05, 4.69) is 44.9 Å². The molecule has 102 valence electrons. The lowest BCUT2D eigenvalue weighted by Crippen LogP contribution is -1.96. The number of aromatic nitrogens is 2. The molecule has 0 fully saturated rings. The minimum atomic E-state index is 0.702. The number of hydrogen-bond acceptors (Lipinski definition) is 5. The Morgan fingerprint density at radius 2 is 1.95 bits per heavy atom. The van der Waals surface area contributed by atoms with Crippen molar-refractivity contribution < 1.29 is 0 Å². The summed E-state index contributed by atoms with van der Waals surface area (Å²) in [5.74, 6) is 0.766. The summed E-state index contributed by atoms with van der Waals surface area (Å²) in [7, 11) is 0. The SMILES string of the molecule is Nc1ccc2ncnc(Nc3ccc4sccc4c3)c2c1. The number of anilines is 3. The van der Waals surface area contributed by atoms with E-state index in [0.717, 1.165) is 22.4 Å². The van der Waals surface area contributed by atoms with Crippen LogP contribution in [0.3, 0.4) is 0 Å². The molecule has 0 aliphatic heterocycles. The van der Waals surface area contributed by atoms with Gasteiger partial charge in [0.1, 0.15) is 12.1 Å². The first-order chi connectivity index (χ1) is 10.3. The predicted molar refractivity (Wildman–Crippen MR) is 89.1 cm³/mol. The van der Waals surface area contributed by atoms with Crippen molar-refractivity contribution in [3.05, 3.63) is 54.2 Å². The summed E-state index contributed by atoms with van der Waals surface area (Å²) in [5.41, 5.74) is 8.44. The fourth-order valence-electron chi connectivity index (χ4n) is 2.35. The van der Waals surface area contributed by atoms with Gasteiger partial charge in [0.15, 0.2) is 0 Å². The van der Waals surface area contributed by atoms with Crippen LogP contribution in [0.25, 0.3) is 21.0 Å². The molecule has 4 aromatic rings. The lowest BCUT2D eigenvalue weighted by atomic mass is 10.2. The largest absolute Gasteiger partial charge is 0.399 e. The highest BCUT2D eigenvalue weighted by molar-refractivity contribution is 7.17. The molecular weight excluding hydrogens is 280 g/mol. The summed E-state index contributed by atoms with van der Waals surface area (Å²) in [6.45, 7) is 0. The summed E-state index contributed by atoms with van der Waals surface area (Å²) in [6, 6.07) is 14.0. The Morgan fingerprint density at radius 1 is 1.00 bits per heavy atom. The van der Waals surface area contributed by atoms with E-state index in [4.69, 9.17) is 5.73 Å². The van der Waals surface area contributed by atoms with E-state index in [1.165, 1.54) is 10.1 Å². The first-order valence-electron chi connectivity index (χ1n) is 6.54. The highest BCUT2D eigenvalue weighted by Crippen LogP contribution is 2.28. The molecule has 2 heterocycles. The fourth-order valence-corrected chi connectivity index (χ4v) is 3.13. The number of thiophene rings is 1. The Bertz CT molecular complexity index is 945. The number of hydrogen-bond donors (Lipinski definition) is 2. The fraction of sp³-hybridized carbons (Fsp3) is 0. The summed E-state index contributed by atoms with van der Waals surface area (Å²) in [4.78, 5) is 8.60. The van der Waals surface area contributed by atoms with Crippen molar-refractivity contribution >= 4 is 49.5 Å². The molecule has 2 aromatic carbocycles. The molecule has 0 saturated carbocycles. The van der Waals surface area contributed by atoms with Gasteiger partial charge in [-0.2, -0.15) is 0 Å². The maximum absolute atomic E-state index is 5.86. The Labute approximate surface area is 125 Å². The summed E-state index contributed by atoms with van der Waals surface area (Å²) in [5, 5.41) is 7.59. The van der Waals surface area contributed by atoms with Crippen LogP contribution in [-0.4, -0.2) is 9.97 Å². The maximum Gasteiger partial charge on any atom is 0.141 e. The lowest BCUT2D eigenvalue weighted by molar-refractivity contribution is 1.22. The summed E-state index contributed by atoms with van der Waals surface area (Å²) >= 11 is 1.74. The minimum absolute atomic E-state index is 0.702. The molecule has 0 amide bonds. The highest BCUT2D eigenvalue weighted by atomic mass is 32.1. The molecule has 5 heteroatoms. The van der Waals surface area contributed by atoms with Crippen molar-refractivity contribution in [2.24, 2.45) is 0 Å². The number of nitrogen functional groups attached to an aromatic ring is 1. The zero-order valence-electron chi connectivity index (χ0n) is 11.1. The number of benzene rings is 2. The van der Waals surface area contributed by atoms with E-state index in [0.29, 0.717) is 5.69 Å². The predicted octanol–water partition coefficient (Wildman–Crippen LogP) is 4.17. The van der Waals surface area contributed by atoms with Crippen LogP contribution in [-0.2, 0) is 0 Å². The molecule has 0 aliphatic carbocycles. The lowest BCUT2D eigenvalue weighted by Gasteiger charge is -2.09. The van der Waals surface area contributed by atoms with Gasteiger partial charge in [0.25, 0.3) is 0 Å². The second-order valence-corrected chi connectivity index (χ2v) is 5.74. The van der Waals surface area contributed by atoms with Crippen LogP contribution in [0, 0.1) is 0 Å². The smallest absolute Gasteiger partial charge is 0.141 e. The van der Waals surface area contributed by atoms with Crippen LogP contribution in [0.5, 0.6) is 0 Å². The monoisotopic (exact) mass is 292 g/mol. The Morgan fingerprint density at radius 3 is 2.90 bits per heavy atom. The van der Waals surface area contributed by atoms with E-state index >= 15 is 0 Å². The standard InChI is InChI=1S/C16H12N4S/c17-11-1-3-14-13(8-11)16(19-9-18-14)20-12-2-4-15-10(7-12)5-6-21-15/h1-9H,17H2,(H,18,19,20). The van der Waals surface area contributed by atoms with Crippen LogP contribution in [0.4, 0.5) is 17.2 Å². The second kappa shape index (κ2) is 4.71. The molecule has 0 saturated heterocycles. The Kier molecular flexibility index (Phi) is 2.72. The van der Waals surface area contributed by atoms with Crippen molar-refractivity contribution in [2.75, 3.05) is 11.1 Å². The van der Waals surface area contributed by atoms with Crippen LogP contribution in [0.15, 0.2) is 54.2 Å². The molecule has 4 nitrogen and oxygen atoms in total. The number of nitrogens with two attached hydrogens (primary N) is 1. The van der Waals surface area contributed by atoms with Gasteiger partial charge in [-0.1, -0.05) is 0 Å². The minimum Gasteiger partial charge on any atom is -0.399 e. The molecule has 0 radical (unpaired) electrons. The van der Waals surface area contributed by atoms with Crippen molar-refractivity contribution in [3.8, 4) is 0 Å². The molecule has 21 heavy (non-hydrogen) atoms. The molecular formula is C16H12N4S. The van der Waals surface area contributed by atoms with Crippen LogP contribution in [0.2, 0.25) is 0 Å². The zero-order valence-corrected chi connectivity index (χ0v) is 11.9. The first kappa shape index (κ1) is 12.1. The highest BCUT2D eigenvalue weighted by Gasteiger charge is 2.05. The third-order valence-electron chi connectivity index (χ3n) is 3.37. The van der Waals surface area contributed by atoms with Crippen LogP contribution >= 0.6 is 11.3 Å². The summed E-state index contributed by atoms with van der Waals surface area (Å²) in [6.07, 6.45) is 1.56. The number of rotatable bonds is 2. The zero-order chi connectivity index (χ0) is 14.2. The number of nitrogens with zero attached hydrogens (tertiary/aromatic N) is 2. The van der Waals surface area contributed by atoms with Gasteiger partial charge in [-0.25, -0.2) is 9.97 Å². The molecule has 0 unspecified atom stereocenters. The van der Waals surface area contributed by atoms with Crippen LogP contribution < -0.4 is 11.1 Å². The Hall–Kier alpha value is -2.66. The van der Waals surface area contributed by atoms with Gasteiger partial charge in [0, 0.05) is 21.5 Å². The van der Waals surface area contributed by atoms with E-state index in [-0.39, 0.29) is 0 Å². The second-order valence-electron chi connectivity index (χ2n) is 4.80. The van der Waals surface area contributed by atoms with E-state index in [9.17, 15) is 0 Å². The van der Waals surface area contributed by atoms with Gasteiger partial charge >= 0.3 is 0 Å². The van der Waals surface area contributed by atoms with Gasteiger partial charge < -0.3 is 11.1 Å². The molecule has 0 spiro atoms. The molecule has 3 N–H and O–H groups in total. The van der Waals surface area contributed by atoms with E-state index in [1.54, 1.807) is 17.7 Å². The average molecular weight is 292 g/mol. The molecule has 0 atom stereocenters. The van der Waals surface area contributed by atoms with Gasteiger partial charge in [0.05, 0.1) is 5.52 Å². The quantitative estimate of drug-likeness (QED) is 0.544. The molecule has 0 bridgehead atoms. The van der Waals surface area contributed by atoms with Gasteiger partial charge in [-0.3, -0.25) is 0 Å². The number of nitrogens with one attached hydrogen (secondary N) is 1. The van der Waals surface area contributed by atoms with Gasteiger partial charge in [0.2, 0.25) is 0 Å². The Balaban J connectivity index is 1.81. The first-order valence-corrected chi connectivity index (χ1v) is 7.42. The van der Waals surface area contributed by atoms with Crippen molar-refractivity contribution in [3.63, 3.8) is 0 Å². The van der Waals surface area contributed by atoms with E-state index in [1.807, 2.05) is 18.2 Å². The molecule has 4 rings (SSSR count). The molecule has 0 aliphatic rings. The topological polar surface area (TPSA) is 63.8 Å². The molecule has 2 aromatic heterocycles. The third-order valence-corrected chi connectivity index (χ3v) is 4.27. The van der Waals surface area contributed by atoms with Crippen LogP contribution in [0.1, 0.15) is 0 Å².